The molecule has 0 radical (unpaired) electrons. The zero-order valence-electron chi connectivity index (χ0n) is 18.6. The molecule has 0 spiro atoms. The van der Waals surface area contributed by atoms with E-state index >= 15 is 0 Å². The van der Waals surface area contributed by atoms with Gasteiger partial charge in [0.05, 0.1) is 7.11 Å². The Morgan fingerprint density at radius 3 is 2.26 bits per heavy atom. The second-order valence-corrected chi connectivity index (χ2v) is 7.24. The van der Waals surface area contributed by atoms with Crippen LogP contribution in [0.4, 0.5) is 15.8 Å². The molecule has 0 aliphatic heterocycles. The van der Waals surface area contributed by atoms with Gasteiger partial charge in [0.1, 0.15) is 17.5 Å². The van der Waals surface area contributed by atoms with Crippen molar-refractivity contribution < 1.29 is 23.5 Å². The van der Waals surface area contributed by atoms with Gasteiger partial charge in [0, 0.05) is 11.4 Å². The first-order valence-corrected chi connectivity index (χ1v) is 10.2. The lowest BCUT2D eigenvalue weighted by Gasteiger charge is -2.12. The van der Waals surface area contributed by atoms with Crippen LogP contribution in [0.25, 0.3) is 6.08 Å². The highest BCUT2D eigenvalue weighted by atomic mass is 19.1. The minimum Gasteiger partial charge on any atom is -0.493 e. The van der Waals surface area contributed by atoms with Crippen LogP contribution in [0.3, 0.4) is 0 Å². The number of hydrogen-bond acceptors (Lipinski definition) is 5. The van der Waals surface area contributed by atoms with E-state index in [0.717, 1.165) is 5.56 Å². The number of halogens is 1. The first-order chi connectivity index (χ1) is 16.4. The number of carbonyl (C=O) groups excluding carboxylic acids is 2. The fraction of sp³-hybridized carbons (Fsp3) is 0.115. The molecule has 0 saturated carbocycles. The Hall–Kier alpha value is -4.64. The van der Waals surface area contributed by atoms with Crippen molar-refractivity contribution in [3.8, 4) is 17.6 Å². The minimum absolute atomic E-state index is 0.155. The molecule has 2 N–H and O–H groups in total. The van der Waals surface area contributed by atoms with Crippen LogP contribution in [-0.4, -0.2) is 25.5 Å². The Bertz CT molecular complexity index is 1250. The van der Waals surface area contributed by atoms with Gasteiger partial charge in [0.15, 0.2) is 18.1 Å². The van der Waals surface area contributed by atoms with E-state index in [9.17, 15) is 19.2 Å². The fourth-order valence-corrected chi connectivity index (χ4v) is 2.92. The number of carbonyl (C=O) groups is 2. The van der Waals surface area contributed by atoms with Crippen LogP contribution in [0.15, 0.2) is 72.3 Å². The quantitative estimate of drug-likeness (QED) is 0.376. The highest BCUT2D eigenvalue weighted by Gasteiger charge is 2.12. The number of nitrogens with one attached hydrogen (secondary N) is 2. The Morgan fingerprint density at radius 1 is 0.971 bits per heavy atom. The van der Waals surface area contributed by atoms with Crippen molar-refractivity contribution in [2.45, 2.75) is 6.92 Å². The first-order valence-electron chi connectivity index (χ1n) is 10.2. The second-order valence-electron chi connectivity index (χ2n) is 7.24. The normalized spacial score (nSPS) is 10.7. The SMILES string of the molecule is COc1cc(/C=C(\C#N)C(=O)Nc2ccc(F)cc2)ccc1OCC(=O)Nc1ccc(C)cc1. The molecule has 0 bridgehead atoms. The van der Waals surface area contributed by atoms with Crippen LogP contribution in [0, 0.1) is 24.1 Å². The van der Waals surface area contributed by atoms with E-state index < -0.39 is 11.7 Å². The molecule has 0 heterocycles. The van der Waals surface area contributed by atoms with Gasteiger partial charge in [-0.25, -0.2) is 4.39 Å². The van der Waals surface area contributed by atoms with E-state index in [1.165, 1.54) is 37.5 Å². The molecule has 0 atom stereocenters. The number of anilines is 2. The van der Waals surface area contributed by atoms with Gasteiger partial charge >= 0.3 is 0 Å². The topological polar surface area (TPSA) is 100 Å². The van der Waals surface area contributed by atoms with Crippen LogP contribution in [0.5, 0.6) is 11.5 Å². The number of hydrogen-bond donors (Lipinski definition) is 2. The molecule has 0 aromatic heterocycles. The lowest BCUT2D eigenvalue weighted by Crippen LogP contribution is -2.20. The number of nitriles is 1. The Balaban J connectivity index is 1.66. The standard InChI is InChI=1S/C26H22FN3O4/c1-17-3-8-21(9-4-17)29-25(31)16-34-23-12-5-18(14-24(23)33-2)13-19(15-28)26(32)30-22-10-6-20(27)7-11-22/h3-14H,16H2,1-2H3,(H,29,31)(H,30,32)/b19-13+. The summed E-state index contributed by atoms with van der Waals surface area (Å²) in [5.41, 5.74) is 2.46. The van der Waals surface area contributed by atoms with Gasteiger partial charge in [-0.1, -0.05) is 23.8 Å². The van der Waals surface area contributed by atoms with Gasteiger partial charge in [0.2, 0.25) is 0 Å². The van der Waals surface area contributed by atoms with Crippen LogP contribution in [0.1, 0.15) is 11.1 Å². The third kappa shape index (κ3) is 6.68. The lowest BCUT2D eigenvalue weighted by molar-refractivity contribution is -0.118. The maximum absolute atomic E-state index is 13.0. The maximum Gasteiger partial charge on any atom is 0.266 e. The van der Waals surface area contributed by atoms with Crippen molar-refractivity contribution in [1.29, 1.82) is 5.26 Å². The van der Waals surface area contributed by atoms with Crippen LogP contribution in [-0.2, 0) is 9.59 Å². The number of nitrogens with zero attached hydrogens (tertiary/aromatic N) is 1. The molecule has 0 aliphatic carbocycles. The third-order valence-corrected chi connectivity index (χ3v) is 4.66. The smallest absolute Gasteiger partial charge is 0.266 e. The molecule has 3 rings (SSSR count). The van der Waals surface area contributed by atoms with Gasteiger partial charge in [-0.15, -0.1) is 0 Å². The first kappa shape index (κ1) is 24.0. The van der Waals surface area contributed by atoms with E-state index in [4.69, 9.17) is 9.47 Å². The zero-order valence-corrected chi connectivity index (χ0v) is 18.6. The van der Waals surface area contributed by atoms with Crippen molar-refractivity contribution in [2.24, 2.45) is 0 Å². The fourth-order valence-electron chi connectivity index (χ4n) is 2.92. The summed E-state index contributed by atoms with van der Waals surface area (Å²) in [6.07, 6.45) is 1.38. The van der Waals surface area contributed by atoms with Gasteiger partial charge in [-0.05, 0) is 67.1 Å². The number of ether oxygens (including phenoxy) is 2. The molecule has 7 nitrogen and oxygen atoms in total. The molecule has 3 aromatic rings. The maximum atomic E-state index is 13.0. The average molecular weight is 459 g/mol. The summed E-state index contributed by atoms with van der Waals surface area (Å²) in [6, 6.07) is 19.2. The van der Waals surface area contributed by atoms with E-state index in [1.54, 1.807) is 30.3 Å². The van der Waals surface area contributed by atoms with Crippen molar-refractivity contribution in [3.63, 3.8) is 0 Å². The molecular weight excluding hydrogens is 437 g/mol. The highest BCUT2D eigenvalue weighted by molar-refractivity contribution is 6.09. The van der Waals surface area contributed by atoms with Gasteiger partial charge < -0.3 is 20.1 Å². The molecule has 0 aliphatic rings. The van der Waals surface area contributed by atoms with Crippen LogP contribution in [0.2, 0.25) is 0 Å². The summed E-state index contributed by atoms with van der Waals surface area (Å²) in [7, 11) is 1.44. The van der Waals surface area contributed by atoms with E-state index in [2.05, 4.69) is 10.6 Å². The third-order valence-electron chi connectivity index (χ3n) is 4.66. The number of amides is 2. The Kier molecular flexibility index (Phi) is 7.97. The average Bonchev–Trinajstić information content (AvgIpc) is 2.84. The monoisotopic (exact) mass is 459 g/mol. The molecular formula is C26H22FN3O4. The van der Waals surface area contributed by atoms with Crippen molar-refractivity contribution >= 4 is 29.3 Å². The van der Waals surface area contributed by atoms with Gasteiger partial charge in [-0.2, -0.15) is 5.26 Å². The Morgan fingerprint density at radius 2 is 1.62 bits per heavy atom. The van der Waals surface area contributed by atoms with E-state index in [-0.39, 0.29) is 18.1 Å². The molecule has 8 heteroatoms. The highest BCUT2D eigenvalue weighted by Crippen LogP contribution is 2.29. The van der Waals surface area contributed by atoms with Gasteiger partial charge in [0.25, 0.3) is 11.8 Å². The number of aryl methyl sites for hydroxylation is 1. The molecule has 0 fully saturated rings. The summed E-state index contributed by atoms with van der Waals surface area (Å²) >= 11 is 0. The molecule has 34 heavy (non-hydrogen) atoms. The molecule has 0 unspecified atom stereocenters. The second kappa shape index (κ2) is 11.3. The summed E-state index contributed by atoms with van der Waals surface area (Å²) in [5.74, 6) is -0.752. The molecule has 3 aromatic carbocycles. The van der Waals surface area contributed by atoms with Gasteiger partial charge in [-0.3, -0.25) is 9.59 Å². The van der Waals surface area contributed by atoms with Crippen molar-refractivity contribution in [3.05, 3.63) is 89.2 Å². The number of benzene rings is 3. The van der Waals surface area contributed by atoms with Crippen molar-refractivity contribution in [1.82, 2.24) is 0 Å². The summed E-state index contributed by atoms with van der Waals surface area (Å²) in [4.78, 5) is 24.6. The summed E-state index contributed by atoms with van der Waals surface area (Å²) < 4.78 is 23.9. The predicted molar refractivity (Wildman–Crippen MR) is 127 cm³/mol. The molecule has 2 amide bonds. The Labute approximate surface area is 196 Å². The van der Waals surface area contributed by atoms with E-state index in [1.807, 2.05) is 25.1 Å². The number of methoxy groups -OCH3 is 1. The summed E-state index contributed by atoms with van der Waals surface area (Å²) in [5, 5.41) is 14.7. The zero-order chi connectivity index (χ0) is 24.5. The lowest BCUT2D eigenvalue weighted by atomic mass is 10.1. The predicted octanol–water partition coefficient (Wildman–Crippen LogP) is 4.71. The minimum atomic E-state index is -0.638. The number of rotatable bonds is 8. The molecule has 172 valence electrons. The van der Waals surface area contributed by atoms with E-state index in [0.29, 0.717) is 28.4 Å². The van der Waals surface area contributed by atoms with Crippen LogP contribution < -0.4 is 20.1 Å². The van der Waals surface area contributed by atoms with Crippen LogP contribution >= 0.6 is 0 Å². The largest absolute Gasteiger partial charge is 0.493 e. The summed E-state index contributed by atoms with van der Waals surface area (Å²) in [6.45, 7) is 1.72. The molecule has 0 saturated heterocycles. The van der Waals surface area contributed by atoms with Crippen molar-refractivity contribution in [2.75, 3.05) is 24.4 Å².